The number of ether oxygens (including phenoxy) is 1. The van der Waals surface area contributed by atoms with Crippen LogP contribution in [0.15, 0.2) is 42.5 Å². The van der Waals surface area contributed by atoms with E-state index in [0.717, 1.165) is 0 Å². The largest absolute Gasteiger partial charge is 0.497 e. The standard InChI is InChI=1S/C18H16Cl2N2O3/c1-25-12-5-2-10(3-6-12)21-17(23)13-9-14(13)18(24)22-11-4-7-15(19)16(20)8-11/h2-8,13-14H,9H2,1H3,(H,21,23)(H,22,24). The molecule has 0 radical (unpaired) electrons. The zero-order valence-electron chi connectivity index (χ0n) is 13.4. The minimum atomic E-state index is -0.340. The number of carbonyl (C=O) groups is 2. The lowest BCUT2D eigenvalue weighted by atomic mass is 10.2. The monoisotopic (exact) mass is 378 g/mol. The van der Waals surface area contributed by atoms with Crippen LogP contribution in [-0.4, -0.2) is 18.9 Å². The van der Waals surface area contributed by atoms with E-state index in [9.17, 15) is 9.59 Å². The van der Waals surface area contributed by atoms with Crippen LogP contribution < -0.4 is 15.4 Å². The van der Waals surface area contributed by atoms with Crippen LogP contribution in [0.5, 0.6) is 5.75 Å². The normalized spacial score (nSPS) is 18.4. The fourth-order valence-electron chi connectivity index (χ4n) is 2.49. The van der Waals surface area contributed by atoms with Gasteiger partial charge in [0.05, 0.1) is 29.0 Å². The summed E-state index contributed by atoms with van der Waals surface area (Å²) >= 11 is 11.8. The molecule has 1 aliphatic carbocycles. The molecule has 1 fully saturated rings. The number of amides is 2. The van der Waals surface area contributed by atoms with Gasteiger partial charge in [-0.1, -0.05) is 23.2 Å². The van der Waals surface area contributed by atoms with Gasteiger partial charge in [0, 0.05) is 11.4 Å². The third-order valence-electron chi connectivity index (χ3n) is 4.01. The summed E-state index contributed by atoms with van der Waals surface area (Å²) in [4.78, 5) is 24.5. The second kappa shape index (κ2) is 7.33. The summed E-state index contributed by atoms with van der Waals surface area (Å²) in [6.07, 6.45) is 0.523. The van der Waals surface area contributed by atoms with Gasteiger partial charge in [0.25, 0.3) is 0 Å². The molecule has 0 bridgehead atoms. The molecule has 0 spiro atoms. The first-order valence-electron chi connectivity index (χ1n) is 7.69. The summed E-state index contributed by atoms with van der Waals surface area (Å²) in [6, 6.07) is 11.9. The lowest BCUT2D eigenvalue weighted by molar-refractivity contribution is -0.122. The molecule has 2 aromatic carbocycles. The Morgan fingerprint density at radius 3 is 2.04 bits per heavy atom. The van der Waals surface area contributed by atoms with Crippen molar-refractivity contribution in [3.05, 3.63) is 52.5 Å². The van der Waals surface area contributed by atoms with Crippen molar-refractivity contribution in [1.82, 2.24) is 0 Å². The summed E-state index contributed by atoms with van der Waals surface area (Å²) < 4.78 is 5.07. The third-order valence-corrected chi connectivity index (χ3v) is 4.75. The van der Waals surface area contributed by atoms with E-state index in [1.807, 2.05) is 0 Å². The number of hydrogen-bond acceptors (Lipinski definition) is 3. The van der Waals surface area contributed by atoms with Crippen LogP contribution >= 0.6 is 23.2 Å². The molecule has 2 N–H and O–H groups in total. The minimum Gasteiger partial charge on any atom is -0.497 e. The van der Waals surface area contributed by atoms with Crippen LogP contribution in [0.25, 0.3) is 0 Å². The Hall–Kier alpha value is -2.24. The van der Waals surface area contributed by atoms with E-state index < -0.39 is 0 Å². The van der Waals surface area contributed by atoms with Gasteiger partial charge in [-0.15, -0.1) is 0 Å². The first-order valence-corrected chi connectivity index (χ1v) is 8.44. The van der Waals surface area contributed by atoms with Gasteiger partial charge in [0.2, 0.25) is 11.8 Å². The van der Waals surface area contributed by atoms with E-state index in [-0.39, 0.29) is 23.7 Å². The molecular formula is C18H16Cl2N2O3. The van der Waals surface area contributed by atoms with E-state index in [2.05, 4.69) is 10.6 Å². The molecule has 2 unspecified atom stereocenters. The SMILES string of the molecule is COc1ccc(NC(=O)C2CC2C(=O)Nc2ccc(Cl)c(Cl)c2)cc1. The molecule has 1 saturated carbocycles. The van der Waals surface area contributed by atoms with Crippen molar-refractivity contribution in [2.24, 2.45) is 11.8 Å². The Morgan fingerprint density at radius 2 is 1.48 bits per heavy atom. The Morgan fingerprint density at radius 1 is 0.920 bits per heavy atom. The van der Waals surface area contributed by atoms with Gasteiger partial charge in [0.15, 0.2) is 0 Å². The lowest BCUT2D eigenvalue weighted by Gasteiger charge is -2.07. The average molecular weight is 379 g/mol. The molecule has 0 aromatic heterocycles. The quantitative estimate of drug-likeness (QED) is 0.818. The van der Waals surface area contributed by atoms with Gasteiger partial charge < -0.3 is 15.4 Å². The average Bonchev–Trinajstić information content (AvgIpc) is 3.40. The molecule has 0 heterocycles. The van der Waals surface area contributed by atoms with E-state index >= 15 is 0 Å². The Balaban J connectivity index is 1.54. The first-order chi connectivity index (χ1) is 12.0. The van der Waals surface area contributed by atoms with Crippen molar-refractivity contribution in [3.63, 3.8) is 0 Å². The number of methoxy groups -OCH3 is 1. The van der Waals surface area contributed by atoms with Gasteiger partial charge in [-0.25, -0.2) is 0 Å². The van der Waals surface area contributed by atoms with Crippen LogP contribution in [-0.2, 0) is 9.59 Å². The molecular weight excluding hydrogens is 363 g/mol. The van der Waals surface area contributed by atoms with E-state index in [0.29, 0.717) is 33.6 Å². The molecule has 1 aliphatic rings. The molecule has 2 atom stereocenters. The maximum atomic E-state index is 12.2. The highest BCUT2D eigenvalue weighted by Crippen LogP contribution is 2.40. The molecule has 0 saturated heterocycles. The number of hydrogen-bond donors (Lipinski definition) is 2. The number of rotatable bonds is 5. The maximum absolute atomic E-state index is 12.2. The van der Waals surface area contributed by atoms with Gasteiger partial charge in [-0.05, 0) is 48.9 Å². The van der Waals surface area contributed by atoms with E-state index in [4.69, 9.17) is 27.9 Å². The van der Waals surface area contributed by atoms with Crippen molar-refractivity contribution >= 4 is 46.4 Å². The van der Waals surface area contributed by atoms with E-state index in [1.54, 1.807) is 49.6 Å². The minimum absolute atomic E-state index is 0.167. The molecule has 5 nitrogen and oxygen atoms in total. The van der Waals surface area contributed by atoms with Crippen LogP contribution in [0.3, 0.4) is 0 Å². The molecule has 25 heavy (non-hydrogen) atoms. The van der Waals surface area contributed by atoms with Crippen LogP contribution in [0.4, 0.5) is 11.4 Å². The second-order valence-corrected chi connectivity index (χ2v) is 6.60. The summed E-state index contributed by atoms with van der Waals surface area (Å²) in [7, 11) is 1.58. The molecule has 2 aromatic rings. The zero-order chi connectivity index (χ0) is 18.0. The van der Waals surface area contributed by atoms with Crippen molar-refractivity contribution in [2.75, 3.05) is 17.7 Å². The highest BCUT2D eigenvalue weighted by Gasteiger charge is 2.48. The van der Waals surface area contributed by atoms with Crippen LogP contribution in [0.2, 0.25) is 10.0 Å². The van der Waals surface area contributed by atoms with Gasteiger partial charge in [-0.3, -0.25) is 9.59 Å². The highest BCUT2D eigenvalue weighted by atomic mass is 35.5. The number of benzene rings is 2. The maximum Gasteiger partial charge on any atom is 0.228 e. The Bertz CT molecular complexity index is 808. The molecule has 7 heteroatoms. The molecule has 0 aliphatic heterocycles. The Kier molecular flexibility index (Phi) is 5.16. The van der Waals surface area contributed by atoms with Gasteiger partial charge >= 0.3 is 0 Å². The van der Waals surface area contributed by atoms with Crippen molar-refractivity contribution < 1.29 is 14.3 Å². The summed E-state index contributed by atoms with van der Waals surface area (Å²) in [5.41, 5.74) is 1.22. The van der Waals surface area contributed by atoms with Crippen molar-refractivity contribution in [2.45, 2.75) is 6.42 Å². The van der Waals surface area contributed by atoms with Crippen LogP contribution in [0.1, 0.15) is 6.42 Å². The Labute approximate surface area is 155 Å². The topological polar surface area (TPSA) is 67.4 Å². The predicted molar refractivity (Wildman–Crippen MR) is 98.3 cm³/mol. The fraction of sp³-hybridized carbons (Fsp3) is 0.222. The summed E-state index contributed by atoms with van der Waals surface area (Å²) in [5, 5.41) is 6.35. The van der Waals surface area contributed by atoms with Crippen molar-refractivity contribution in [3.8, 4) is 5.75 Å². The number of carbonyl (C=O) groups excluding carboxylic acids is 2. The number of nitrogens with one attached hydrogen (secondary N) is 2. The first kappa shape index (κ1) is 17.6. The molecule has 2 amide bonds. The lowest BCUT2D eigenvalue weighted by Crippen LogP contribution is -2.20. The van der Waals surface area contributed by atoms with Gasteiger partial charge in [-0.2, -0.15) is 0 Å². The summed E-state index contributed by atoms with van der Waals surface area (Å²) in [5.74, 6) is -0.325. The summed E-state index contributed by atoms with van der Waals surface area (Å²) in [6.45, 7) is 0. The second-order valence-electron chi connectivity index (χ2n) is 5.78. The fourth-order valence-corrected chi connectivity index (χ4v) is 2.79. The zero-order valence-corrected chi connectivity index (χ0v) is 14.9. The predicted octanol–water partition coefficient (Wildman–Crippen LogP) is 4.22. The highest BCUT2D eigenvalue weighted by molar-refractivity contribution is 6.42. The van der Waals surface area contributed by atoms with E-state index in [1.165, 1.54) is 0 Å². The number of halogens is 2. The van der Waals surface area contributed by atoms with Gasteiger partial charge in [0.1, 0.15) is 5.75 Å². The number of anilines is 2. The van der Waals surface area contributed by atoms with Crippen LogP contribution in [0, 0.1) is 11.8 Å². The third kappa shape index (κ3) is 4.24. The van der Waals surface area contributed by atoms with Crippen molar-refractivity contribution in [1.29, 1.82) is 0 Å². The molecule has 130 valence electrons. The smallest absolute Gasteiger partial charge is 0.228 e. The molecule has 3 rings (SSSR count).